The van der Waals surface area contributed by atoms with Crippen LogP contribution >= 0.6 is 0 Å². The van der Waals surface area contributed by atoms with E-state index in [0.29, 0.717) is 0 Å². The first kappa shape index (κ1) is 2.09. The maximum absolute atomic E-state index is 9.18. The van der Waals surface area contributed by atoms with Crippen LogP contribution in [0.1, 0.15) is 11.0 Å². The van der Waals surface area contributed by atoms with Crippen LogP contribution in [0.25, 0.3) is 0 Å². The molecule has 1 nitrogen and oxygen atoms in total. The van der Waals surface area contributed by atoms with Crippen LogP contribution in [-0.4, -0.2) is 5.11 Å². The molecule has 1 aromatic carbocycles. The van der Waals surface area contributed by atoms with Crippen molar-refractivity contribution in [2.75, 3.05) is 0 Å². The zero-order valence-electron chi connectivity index (χ0n) is 8.45. The molecular formula is C7H8O. The number of hydrogen-bond acceptors (Lipinski definition) is 1. The Labute approximate surface area is 54.2 Å². The molecule has 1 aromatic rings. The number of hydrogen-bond donors (Lipinski definition) is 1. The van der Waals surface area contributed by atoms with Gasteiger partial charge in [-0.25, -0.2) is 0 Å². The molecule has 0 atom stereocenters. The van der Waals surface area contributed by atoms with Crippen molar-refractivity contribution in [2.45, 2.75) is 6.92 Å². The third-order valence-corrected chi connectivity index (χ3v) is 0.849. The number of phenolic OH excluding ortho intramolecular Hbond substituents is 1. The molecule has 8 heavy (non-hydrogen) atoms. The van der Waals surface area contributed by atoms with Gasteiger partial charge >= 0.3 is 0 Å². The van der Waals surface area contributed by atoms with Crippen LogP contribution in [0.3, 0.4) is 0 Å². The average molecular weight is 112 g/mol. The predicted molar refractivity (Wildman–Crippen MR) is 32.8 cm³/mol. The van der Waals surface area contributed by atoms with Gasteiger partial charge < -0.3 is 5.11 Å². The van der Waals surface area contributed by atoms with Gasteiger partial charge in [0.25, 0.3) is 0 Å². The van der Waals surface area contributed by atoms with Crippen LogP contribution < -0.4 is 0 Å². The van der Waals surface area contributed by atoms with Crippen LogP contribution in [0.5, 0.6) is 5.75 Å². The van der Waals surface area contributed by atoms with Crippen molar-refractivity contribution in [1.29, 1.82) is 0 Å². The van der Waals surface area contributed by atoms with Crippen molar-refractivity contribution < 1.29 is 10.6 Å². The summed E-state index contributed by atoms with van der Waals surface area (Å²) in [4.78, 5) is 0. The molecule has 42 valence electrons. The maximum atomic E-state index is 9.18. The summed E-state index contributed by atoms with van der Waals surface area (Å²) in [6.07, 6.45) is 0. The van der Waals surface area contributed by atoms with Gasteiger partial charge in [-0.3, -0.25) is 0 Å². The number of benzene rings is 1. The minimum absolute atomic E-state index is 0.181. The lowest BCUT2D eigenvalue weighted by Crippen LogP contribution is -1.68. The Kier molecular flexibility index (Phi) is 0.488. The normalized spacial score (nSPS) is 16.1. The zero-order valence-corrected chi connectivity index (χ0v) is 4.45. The summed E-state index contributed by atoms with van der Waals surface area (Å²) in [7, 11) is 0. The Bertz CT molecular complexity index is 230. The maximum Gasteiger partial charge on any atom is 0.118 e. The third kappa shape index (κ3) is 0.808. The molecule has 0 unspecified atom stereocenters. The highest BCUT2D eigenvalue weighted by atomic mass is 16.3. The fraction of sp³-hybridized carbons (Fsp3) is 0.143. The third-order valence-electron chi connectivity index (χ3n) is 0.849. The van der Waals surface area contributed by atoms with Crippen LogP contribution in [0, 0.1) is 6.92 Å². The van der Waals surface area contributed by atoms with E-state index in [1.807, 2.05) is 0 Å². The predicted octanol–water partition coefficient (Wildman–Crippen LogP) is 1.70. The standard InChI is InChI=1S/C7H8O/c1-6-4-2-3-5-7(6)8/h2-5,8H,1H3/i2D,3D,4D,5D. The van der Waals surface area contributed by atoms with Crippen molar-refractivity contribution in [3.8, 4) is 5.75 Å². The van der Waals surface area contributed by atoms with Crippen molar-refractivity contribution in [3.05, 3.63) is 29.7 Å². The van der Waals surface area contributed by atoms with Gasteiger partial charge in [-0.2, -0.15) is 0 Å². The molecule has 0 heterocycles. The van der Waals surface area contributed by atoms with E-state index in [2.05, 4.69) is 0 Å². The van der Waals surface area contributed by atoms with E-state index >= 15 is 0 Å². The van der Waals surface area contributed by atoms with Gasteiger partial charge in [0.1, 0.15) is 5.75 Å². The lowest BCUT2D eigenvalue weighted by molar-refractivity contribution is 0.471. The van der Waals surface area contributed by atoms with Gasteiger partial charge in [-0.15, -0.1) is 0 Å². The molecule has 1 N–H and O–H groups in total. The highest BCUT2D eigenvalue weighted by Crippen LogP contribution is 2.12. The fourth-order valence-electron chi connectivity index (χ4n) is 0.368. The van der Waals surface area contributed by atoms with Gasteiger partial charge in [0.2, 0.25) is 0 Å². The number of para-hydroxylation sites is 1. The second-order valence-electron chi connectivity index (χ2n) is 1.47. The number of aromatic hydroxyl groups is 1. The quantitative estimate of drug-likeness (QED) is 0.541. The van der Waals surface area contributed by atoms with Gasteiger partial charge in [-0.1, -0.05) is 18.1 Å². The molecule has 0 saturated carbocycles. The summed E-state index contributed by atoms with van der Waals surface area (Å²) >= 11 is 0. The van der Waals surface area contributed by atoms with E-state index in [1.54, 1.807) is 0 Å². The van der Waals surface area contributed by atoms with E-state index in [-0.39, 0.29) is 29.4 Å². The number of rotatable bonds is 0. The Morgan fingerprint density at radius 2 is 2.12 bits per heavy atom. The highest BCUT2D eigenvalue weighted by Gasteiger charge is 1.86. The molecule has 0 bridgehead atoms. The van der Waals surface area contributed by atoms with Crippen molar-refractivity contribution >= 4 is 0 Å². The summed E-state index contributed by atoms with van der Waals surface area (Å²) in [6, 6.07) is -1.28. The van der Waals surface area contributed by atoms with Gasteiger partial charge in [0.15, 0.2) is 0 Å². The molecule has 1 heteroatoms. The van der Waals surface area contributed by atoms with E-state index in [9.17, 15) is 5.11 Å². The summed E-state index contributed by atoms with van der Waals surface area (Å²) in [6.45, 7) is 1.45. The minimum Gasteiger partial charge on any atom is -0.508 e. The molecule has 1 rings (SSSR count). The molecule has 0 amide bonds. The Morgan fingerprint density at radius 1 is 1.50 bits per heavy atom. The second kappa shape index (κ2) is 1.86. The first-order valence-corrected chi connectivity index (χ1v) is 2.22. The zero-order chi connectivity index (χ0) is 9.46. The molecule has 0 aliphatic carbocycles. The van der Waals surface area contributed by atoms with E-state index in [1.165, 1.54) is 6.92 Å². The van der Waals surface area contributed by atoms with Crippen molar-refractivity contribution in [1.82, 2.24) is 0 Å². The summed E-state index contributed by atoms with van der Waals surface area (Å²) < 4.78 is 28.8. The monoisotopic (exact) mass is 112 g/mol. The van der Waals surface area contributed by atoms with Gasteiger partial charge in [-0.05, 0) is 18.5 Å². The van der Waals surface area contributed by atoms with Crippen LogP contribution in [0.15, 0.2) is 24.2 Å². The van der Waals surface area contributed by atoms with Crippen LogP contribution in [0.2, 0.25) is 0 Å². The summed E-state index contributed by atoms with van der Waals surface area (Å²) in [5.74, 6) is -0.374. The van der Waals surface area contributed by atoms with E-state index in [4.69, 9.17) is 5.48 Å². The van der Waals surface area contributed by atoms with Crippen LogP contribution in [0.4, 0.5) is 0 Å². The first-order chi connectivity index (χ1) is 5.46. The summed E-state index contributed by atoms with van der Waals surface area (Å²) in [5.41, 5.74) is 0.181. The lowest BCUT2D eigenvalue weighted by Gasteiger charge is -1.92. The molecular weight excluding hydrogens is 100 g/mol. The summed E-state index contributed by atoms with van der Waals surface area (Å²) in [5, 5.41) is 9.18. The van der Waals surface area contributed by atoms with Crippen molar-refractivity contribution in [2.24, 2.45) is 0 Å². The van der Waals surface area contributed by atoms with Crippen LogP contribution in [-0.2, 0) is 0 Å². The minimum atomic E-state index is -0.400. The Hall–Kier alpha value is -0.980. The van der Waals surface area contributed by atoms with Crippen molar-refractivity contribution in [3.63, 3.8) is 0 Å². The first-order valence-electron chi connectivity index (χ1n) is 4.22. The molecule has 0 aliphatic heterocycles. The number of phenols is 1. The molecule has 0 fully saturated rings. The topological polar surface area (TPSA) is 20.2 Å². The highest BCUT2D eigenvalue weighted by molar-refractivity contribution is 5.29. The van der Waals surface area contributed by atoms with E-state index in [0.717, 1.165) is 0 Å². The van der Waals surface area contributed by atoms with E-state index < -0.39 is 6.04 Å². The van der Waals surface area contributed by atoms with Gasteiger partial charge in [0.05, 0.1) is 5.48 Å². The largest absolute Gasteiger partial charge is 0.508 e. The lowest BCUT2D eigenvalue weighted by atomic mass is 10.2. The second-order valence-corrected chi connectivity index (χ2v) is 1.47. The smallest absolute Gasteiger partial charge is 0.118 e. The molecule has 0 spiro atoms. The SMILES string of the molecule is [2H]c1c([2H])c([2H])c(O)c(C)c1[2H]. The Balaban J connectivity index is 3.60. The average Bonchev–Trinajstić information content (AvgIpc) is 2.08. The molecule has 0 radical (unpaired) electrons. The fourth-order valence-corrected chi connectivity index (χ4v) is 0.368. The molecule has 0 aromatic heterocycles. The Morgan fingerprint density at radius 3 is 2.88 bits per heavy atom. The van der Waals surface area contributed by atoms with Gasteiger partial charge in [0, 0.05) is 0 Å². The molecule has 0 saturated heterocycles. The molecule has 0 aliphatic rings.